The summed E-state index contributed by atoms with van der Waals surface area (Å²) < 4.78 is 18.5. The van der Waals surface area contributed by atoms with Crippen LogP contribution < -0.4 is 9.64 Å². The molecule has 5 heteroatoms. The fourth-order valence-corrected chi connectivity index (χ4v) is 2.83. The molecule has 0 radical (unpaired) electrons. The number of rotatable bonds is 4. The van der Waals surface area contributed by atoms with Crippen LogP contribution >= 0.6 is 0 Å². The van der Waals surface area contributed by atoms with Gasteiger partial charge in [-0.25, -0.2) is 9.37 Å². The Hall–Kier alpha value is -2.17. The summed E-state index contributed by atoms with van der Waals surface area (Å²) in [5.74, 6) is 1.07. The molecule has 4 nitrogen and oxygen atoms in total. The summed E-state index contributed by atoms with van der Waals surface area (Å²) in [7, 11) is 1.60. The monoisotopic (exact) mass is 287 g/mol. The van der Waals surface area contributed by atoms with Crippen molar-refractivity contribution in [3.63, 3.8) is 0 Å². The van der Waals surface area contributed by atoms with E-state index >= 15 is 0 Å². The van der Waals surface area contributed by atoms with Gasteiger partial charge in [-0.05, 0) is 37.0 Å². The van der Waals surface area contributed by atoms with Crippen LogP contribution in [0.3, 0.4) is 0 Å². The Morgan fingerprint density at radius 3 is 3.10 bits per heavy atom. The maximum Gasteiger partial charge on any atom is 0.228 e. The zero-order valence-electron chi connectivity index (χ0n) is 12.0. The highest BCUT2D eigenvalue weighted by Gasteiger charge is 2.27. The van der Waals surface area contributed by atoms with Crippen LogP contribution in [0.1, 0.15) is 18.4 Å². The summed E-state index contributed by atoms with van der Waals surface area (Å²) in [4.78, 5) is 10.9. The second-order valence-electron chi connectivity index (χ2n) is 5.22. The number of aromatic nitrogens is 2. The number of ether oxygens (including phenoxy) is 1. The standard InChI is InChI=1S/C16H18FN3O/c1-21-15-7-8-18-16(19-15)20-9-3-6-14(20)11-12-4-2-5-13(17)10-12/h2,4-5,7-8,10,14H,3,6,9,11H2,1H3. The van der Waals surface area contributed by atoms with E-state index in [0.717, 1.165) is 31.4 Å². The van der Waals surface area contributed by atoms with Crippen LogP contribution in [0.15, 0.2) is 36.5 Å². The highest BCUT2D eigenvalue weighted by Crippen LogP contribution is 2.26. The van der Waals surface area contributed by atoms with Crippen molar-refractivity contribution in [2.24, 2.45) is 0 Å². The summed E-state index contributed by atoms with van der Waals surface area (Å²) in [6.07, 6.45) is 4.68. The minimum atomic E-state index is -0.185. The zero-order valence-corrected chi connectivity index (χ0v) is 12.0. The van der Waals surface area contributed by atoms with Crippen LogP contribution in [-0.4, -0.2) is 29.7 Å². The lowest BCUT2D eigenvalue weighted by atomic mass is 10.0. The predicted octanol–water partition coefficient (Wildman–Crippen LogP) is 2.84. The lowest BCUT2D eigenvalue weighted by Gasteiger charge is -2.24. The Morgan fingerprint density at radius 1 is 1.38 bits per heavy atom. The second-order valence-corrected chi connectivity index (χ2v) is 5.22. The summed E-state index contributed by atoms with van der Waals surface area (Å²) >= 11 is 0. The van der Waals surface area contributed by atoms with Crippen LogP contribution in [0.5, 0.6) is 5.88 Å². The molecule has 0 saturated carbocycles. The van der Waals surface area contributed by atoms with Crippen LogP contribution in [0, 0.1) is 5.82 Å². The van der Waals surface area contributed by atoms with Gasteiger partial charge in [0, 0.05) is 24.8 Å². The van der Waals surface area contributed by atoms with E-state index in [1.165, 1.54) is 6.07 Å². The fraction of sp³-hybridized carbons (Fsp3) is 0.375. The van der Waals surface area contributed by atoms with E-state index in [1.807, 2.05) is 6.07 Å². The molecule has 2 aromatic rings. The minimum absolute atomic E-state index is 0.185. The lowest BCUT2D eigenvalue weighted by molar-refractivity contribution is 0.396. The van der Waals surface area contributed by atoms with Crippen molar-refractivity contribution < 1.29 is 9.13 Å². The maximum absolute atomic E-state index is 13.3. The predicted molar refractivity (Wildman–Crippen MR) is 79.1 cm³/mol. The van der Waals surface area contributed by atoms with Gasteiger partial charge < -0.3 is 9.64 Å². The molecule has 1 aliphatic rings. The first-order chi connectivity index (χ1) is 10.3. The summed E-state index contributed by atoms with van der Waals surface area (Å²) in [5, 5.41) is 0. The number of anilines is 1. The normalized spacial score (nSPS) is 18.0. The smallest absolute Gasteiger partial charge is 0.228 e. The molecule has 2 heterocycles. The summed E-state index contributed by atoms with van der Waals surface area (Å²) in [6, 6.07) is 8.84. The Kier molecular flexibility index (Phi) is 3.99. The average molecular weight is 287 g/mol. The molecule has 0 aliphatic carbocycles. The van der Waals surface area contributed by atoms with Gasteiger partial charge in [0.05, 0.1) is 7.11 Å². The largest absolute Gasteiger partial charge is 0.481 e. The molecule has 0 amide bonds. The molecular formula is C16H18FN3O. The molecule has 1 aliphatic heterocycles. The Morgan fingerprint density at radius 2 is 2.29 bits per heavy atom. The maximum atomic E-state index is 13.3. The molecular weight excluding hydrogens is 269 g/mol. The van der Waals surface area contributed by atoms with Gasteiger partial charge >= 0.3 is 0 Å². The molecule has 1 unspecified atom stereocenters. The molecule has 110 valence electrons. The van der Waals surface area contributed by atoms with Crippen molar-refractivity contribution in [3.05, 3.63) is 47.9 Å². The number of hydrogen-bond acceptors (Lipinski definition) is 4. The van der Waals surface area contributed by atoms with Crippen molar-refractivity contribution >= 4 is 5.95 Å². The average Bonchev–Trinajstić information content (AvgIpc) is 2.95. The Labute approximate surface area is 123 Å². The quantitative estimate of drug-likeness (QED) is 0.866. The van der Waals surface area contributed by atoms with Crippen molar-refractivity contribution in [1.29, 1.82) is 0 Å². The fourth-order valence-electron chi connectivity index (χ4n) is 2.83. The molecule has 1 fully saturated rings. The first-order valence-electron chi connectivity index (χ1n) is 7.14. The van der Waals surface area contributed by atoms with Crippen molar-refractivity contribution in [1.82, 2.24) is 9.97 Å². The van der Waals surface area contributed by atoms with E-state index in [1.54, 1.807) is 31.5 Å². The number of nitrogens with zero attached hydrogens (tertiary/aromatic N) is 3. The van der Waals surface area contributed by atoms with Crippen LogP contribution in [-0.2, 0) is 6.42 Å². The molecule has 0 bridgehead atoms. The number of halogens is 1. The molecule has 0 spiro atoms. The number of hydrogen-bond donors (Lipinski definition) is 0. The van der Waals surface area contributed by atoms with Crippen LogP contribution in [0.25, 0.3) is 0 Å². The Balaban J connectivity index is 1.78. The highest BCUT2D eigenvalue weighted by molar-refractivity contribution is 5.36. The Bertz CT molecular complexity index is 620. The van der Waals surface area contributed by atoms with E-state index in [2.05, 4.69) is 14.9 Å². The number of methoxy groups -OCH3 is 1. The van der Waals surface area contributed by atoms with Crippen molar-refractivity contribution in [2.75, 3.05) is 18.6 Å². The highest BCUT2D eigenvalue weighted by atomic mass is 19.1. The van der Waals surface area contributed by atoms with E-state index in [-0.39, 0.29) is 5.82 Å². The first-order valence-corrected chi connectivity index (χ1v) is 7.14. The van der Waals surface area contributed by atoms with Gasteiger partial charge in [0.1, 0.15) is 5.82 Å². The van der Waals surface area contributed by atoms with Crippen molar-refractivity contribution in [3.8, 4) is 5.88 Å². The number of benzene rings is 1. The molecule has 1 aromatic carbocycles. The van der Waals surface area contributed by atoms with E-state index < -0.39 is 0 Å². The second kappa shape index (κ2) is 6.08. The van der Waals surface area contributed by atoms with Gasteiger partial charge in [0.25, 0.3) is 0 Å². The van der Waals surface area contributed by atoms with E-state index in [4.69, 9.17) is 4.74 Å². The molecule has 21 heavy (non-hydrogen) atoms. The van der Waals surface area contributed by atoms with Gasteiger partial charge in [-0.2, -0.15) is 4.98 Å². The zero-order chi connectivity index (χ0) is 14.7. The third kappa shape index (κ3) is 3.12. The molecule has 3 rings (SSSR count). The third-order valence-electron chi connectivity index (χ3n) is 3.82. The SMILES string of the molecule is COc1ccnc(N2CCCC2Cc2cccc(F)c2)n1. The molecule has 1 saturated heterocycles. The van der Waals surface area contributed by atoms with E-state index in [9.17, 15) is 4.39 Å². The van der Waals surface area contributed by atoms with Crippen LogP contribution in [0.4, 0.5) is 10.3 Å². The van der Waals surface area contributed by atoms with Crippen LogP contribution in [0.2, 0.25) is 0 Å². The summed E-state index contributed by atoms with van der Waals surface area (Å²) in [6.45, 7) is 0.924. The van der Waals surface area contributed by atoms with Gasteiger partial charge in [-0.15, -0.1) is 0 Å². The molecule has 0 N–H and O–H groups in total. The third-order valence-corrected chi connectivity index (χ3v) is 3.82. The van der Waals surface area contributed by atoms with Gasteiger partial charge in [-0.3, -0.25) is 0 Å². The topological polar surface area (TPSA) is 38.2 Å². The summed E-state index contributed by atoms with van der Waals surface area (Å²) in [5.41, 5.74) is 1.01. The van der Waals surface area contributed by atoms with Gasteiger partial charge in [0.2, 0.25) is 11.8 Å². The first kappa shape index (κ1) is 13.8. The van der Waals surface area contributed by atoms with E-state index in [0.29, 0.717) is 17.9 Å². The van der Waals surface area contributed by atoms with Crippen molar-refractivity contribution in [2.45, 2.75) is 25.3 Å². The lowest BCUT2D eigenvalue weighted by Crippen LogP contribution is -2.32. The minimum Gasteiger partial charge on any atom is -0.481 e. The molecule has 1 atom stereocenters. The molecule has 1 aromatic heterocycles. The van der Waals surface area contributed by atoms with Gasteiger partial charge in [0.15, 0.2) is 0 Å². The van der Waals surface area contributed by atoms with Gasteiger partial charge in [-0.1, -0.05) is 12.1 Å².